The Morgan fingerprint density at radius 2 is 1.56 bits per heavy atom. The highest BCUT2D eigenvalue weighted by atomic mass is 79.9. The van der Waals surface area contributed by atoms with Crippen molar-refractivity contribution in [3.8, 4) is 11.5 Å². The summed E-state index contributed by atoms with van der Waals surface area (Å²) < 4.78 is 34.6. The van der Waals surface area contributed by atoms with Crippen molar-refractivity contribution >= 4 is 43.2 Å². The molecule has 0 radical (unpaired) electrons. The zero-order chi connectivity index (χ0) is 19.4. The van der Waals surface area contributed by atoms with E-state index in [1.807, 2.05) is 13.0 Å². The molecule has 0 saturated carbocycles. The third-order valence-corrected chi connectivity index (χ3v) is 6.08. The van der Waals surface area contributed by atoms with Crippen molar-refractivity contribution in [2.45, 2.75) is 18.2 Å². The lowest BCUT2D eigenvalue weighted by molar-refractivity contribution is 0.483. The molecule has 0 heterocycles. The van der Waals surface area contributed by atoms with Crippen LogP contribution in [0, 0.1) is 0 Å². The number of aryl methyl sites for hydroxylation is 1. The number of rotatable bonds is 6. The van der Waals surface area contributed by atoms with Crippen LogP contribution >= 0.6 is 27.5 Å². The average Bonchev–Trinajstić information content (AvgIpc) is 2.64. The predicted molar refractivity (Wildman–Crippen MR) is 112 cm³/mol. The molecule has 0 aromatic heterocycles. The summed E-state index contributed by atoms with van der Waals surface area (Å²) in [6, 6.07) is 18.9. The van der Waals surface area contributed by atoms with Gasteiger partial charge >= 0.3 is 0 Å². The van der Waals surface area contributed by atoms with Gasteiger partial charge in [-0.05, 0) is 78.7 Å². The lowest BCUT2D eigenvalue weighted by atomic mass is 10.2. The summed E-state index contributed by atoms with van der Waals surface area (Å²) in [5.41, 5.74) is 1.21. The maximum atomic E-state index is 12.7. The smallest absolute Gasteiger partial charge is 0.262 e. The van der Waals surface area contributed by atoms with Crippen molar-refractivity contribution in [3.05, 3.63) is 81.8 Å². The lowest BCUT2D eigenvalue weighted by Crippen LogP contribution is -2.14. The molecule has 0 unspecified atom stereocenters. The van der Waals surface area contributed by atoms with Crippen molar-refractivity contribution in [1.29, 1.82) is 0 Å². The maximum Gasteiger partial charge on any atom is 0.262 e. The van der Waals surface area contributed by atoms with Gasteiger partial charge in [0.1, 0.15) is 11.5 Å². The first-order chi connectivity index (χ1) is 12.9. The fraction of sp³-hybridized carbons (Fsp3) is 0.100. The van der Waals surface area contributed by atoms with Gasteiger partial charge in [0.15, 0.2) is 0 Å². The molecule has 3 aromatic rings. The molecule has 0 aliphatic rings. The number of halogens is 2. The van der Waals surface area contributed by atoms with Gasteiger partial charge in [-0.1, -0.05) is 34.5 Å². The van der Waals surface area contributed by atoms with E-state index in [-0.39, 0.29) is 4.90 Å². The monoisotopic (exact) mass is 465 g/mol. The molecule has 27 heavy (non-hydrogen) atoms. The predicted octanol–water partition coefficient (Wildman–Crippen LogP) is 6.26. The summed E-state index contributed by atoms with van der Waals surface area (Å²) in [6.45, 7) is 1.92. The van der Waals surface area contributed by atoms with E-state index in [9.17, 15) is 8.42 Å². The standard InChI is InChI=1S/C20H17BrClNO3S/c1-2-14-13-15(21)3-12-20(14)27(24,25)23-17-6-10-19(11-7-17)26-18-8-4-16(22)5-9-18/h3-13,23H,2H2,1H3. The van der Waals surface area contributed by atoms with E-state index in [4.69, 9.17) is 16.3 Å². The van der Waals surface area contributed by atoms with E-state index in [0.29, 0.717) is 28.6 Å². The molecule has 3 rings (SSSR count). The summed E-state index contributed by atoms with van der Waals surface area (Å²) in [7, 11) is -3.68. The number of ether oxygens (including phenoxy) is 1. The van der Waals surface area contributed by atoms with Crippen LogP contribution in [0.4, 0.5) is 5.69 Å². The molecular weight excluding hydrogens is 450 g/mol. The van der Waals surface area contributed by atoms with E-state index < -0.39 is 10.0 Å². The molecule has 0 atom stereocenters. The van der Waals surface area contributed by atoms with E-state index in [0.717, 1.165) is 10.0 Å². The van der Waals surface area contributed by atoms with Gasteiger partial charge in [-0.2, -0.15) is 0 Å². The Morgan fingerprint density at radius 3 is 2.15 bits per heavy atom. The highest BCUT2D eigenvalue weighted by Gasteiger charge is 2.18. The fourth-order valence-electron chi connectivity index (χ4n) is 2.53. The normalized spacial score (nSPS) is 11.2. The maximum absolute atomic E-state index is 12.7. The summed E-state index contributed by atoms with van der Waals surface area (Å²) in [6.07, 6.45) is 0.615. The number of hydrogen-bond acceptors (Lipinski definition) is 3. The second kappa shape index (κ2) is 8.33. The molecule has 0 aliphatic heterocycles. The molecule has 0 fully saturated rings. The first-order valence-corrected chi connectivity index (χ1v) is 10.9. The second-order valence-corrected chi connectivity index (χ2v) is 8.79. The van der Waals surface area contributed by atoms with Crippen molar-refractivity contribution < 1.29 is 13.2 Å². The number of sulfonamides is 1. The average molecular weight is 467 g/mol. The van der Waals surface area contributed by atoms with Crippen LogP contribution in [0.25, 0.3) is 0 Å². The van der Waals surface area contributed by atoms with Crippen molar-refractivity contribution in [2.24, 2.45) is 0 Å². The number of hydrogen-bond donors (Lipinski definition) is 1. The zero-order valence-corrected chi connectivity index (χ0v) is 17.6. The third-order valence-electron chi connectivity index (χ3n) is 3.85. The van der Waals surface area contributed by atoms with Crippen molar-refractivity contribution in [3.63, 3.8) is 0 Å². The first kappa shape index (κ1) is 19.7. The lowest BCUT2D eigenvalue weighted by Gasteiger charge is -2.12. The number of anilines is 1. The van der Waals surface area contributed by atoms with Crippen LogP contribution in [0.15, 0.2) is 76.1 Å². The van der Waals surface area contributed by atoms with Crippen LogP contribution in [0.5, 0.6) is 11.5 Å². The Labute approximate surface area is 172 Å². The zero-order valence-electron chi connectivity index (χ0n) is 14.4. The Balaban J connectivity index is 1.76. The van der Waals surface area contributed by atoms with E-state index in [1.54, 1.807) is 60.7 Å². The van der Waals surface area contributed by atoms with Gasteiger partial charge in [-0.15, -0.1) is 0 Å². The first-order valence-electron chi connectivity index (χ1n) is 8.22. The van der Waals surface area contributed by atoms with Crippen LogP contribution < -0.4 is 9.46 Å². The molecule has 4 nitrogen and oxygen atoms in total. The van der Waals surface area contributed by atoms with Gasteiger partial charge in [0, 0.05) is 15.2 Å². The SMILES string of the molecule is CCc1cc(Br)ccc1S(=O)(=O)Nc1ccc(Oc2ccc(Cl)cc2)cc1. The molecule has 0 bridgehead atoms. The third kappa shape index (κ3) is 5.03. The molecule has 0 aliphatic carbocycles. The van der Waals surface area contributed by atoms with Crippen LogP contribution in [0.1, 0.15) is 12.5 Å². The minimum absolute atomic E-state index is 0.273. The van der Waals surface area contributed by atoms with Gasteiger partial charge in [0.05, 0.1) is 4.90 Å². The summed E-state index contributed by atoms with van der Waals surface area (Å²) >= 11 is 9.23. The van der Waals surface area contributed by atoms with Crippen molar-refractivity contribution in [2.75, 3.05) is 4.72 Å². The Hall–Kier alpha value is -2.02. The summed E-state index contributed by atoms with van der Waals surface area (Å²) in [4.78, 5) is 0.273. The van der Waals surface area contributed by atoms with Gasteiger partial charge in [0.25, 0.3) is 10.0 Å². The molecule has 0 amide bonds. The molecular formula is C20H17BrClNO3S. The molecule has 0 saturated heterocycles. The van der Waals surface area contributed by atoms with E-state index in [2.05, 4.69) is 20.7 Å². The van der Waals surface area contributed by atoms with Crippen molar-refractivity contribution in [1.82, 2.24) is 0 Å². The highest BCUT2D eigenvalue weighted by molar-refractivity contribution is 9.10. The molecule has 140 valence electrons. The fourth-order valence-corrected chi connectivity index (χ4v) is 4.41. The van der Waals surface area contributed by atoms with Gasteiger partial charge < -0.3 is 4.74 Å². The van der Waals surface area contributed by atoms with Gasteiger partial charge in [0.2, 0.25) is 0 Å². The highest BCUT2D eigenvalue weighted by Crippen LogP contribution is 2.27. The summed E-state index contributed by atoms with van der Waals surface area (Å²) in [5.74, 6) is 1.24. The van der Waals surface area contributed by atoms with Crippen LogP contribution in [0.3, 0.4) is 0 Å². The Morgan fingerprint density at radius 1 is 0.963 bits per heavy atom. The van der Waals surface area contributed by atoms with Gasteiger partial charge in [-0.3, -0.25) is 4.72 Å². The van der Waals surface area contributed by atoms with E-state index in [1.165, 1.54) is 0 Å². The van der Waals surface area contributed by atoms with Crippen LogP contribution in [-0.2, 0) is 16.4 Å². The molecule has 0 spiro atoms. The number of nitrogens with one attached hydrogen (secondary N) is 1. The second-order valence-electron chi connectivity index (χ2n) is 5.79. The summed E-state index contributed by atoms with van der Waals surface area (Å²) in [5, 5.41) is 0.631. The minimum atomic E-state index is -3.68. The van der Waals surface area contributed by atoms with E-state index >= 15 is 0 Å². The largest absolute Gasteiger partial charge is 0.457 e. The Kier molecular flexibility index (Phi) is 6.09. The molecule has 1 N–H and O–H groups in total. The minimum Gasteiger partial charge on any atom is -0.457 e. The molecule has 3 aromatic carbocycles. The topological polar surface area (TPSA) is 55.4 Å². The molecule has 7 heteroatoms. The quantitative estimate of drug-likeness (QED) is 0.466. The van der Waals surface area contributed by atoms with Crippen LogP contribution in [-0.4, -0.2) is 8.42 Å². The number of benzene rings is 3. The Bertz CT molecular complexity index is 1040. The van der Waals surface area contributed by atoms with Crippen LogP contribution in [0.2, 0.25) is 5.02 Å². The van der Waals surface area contributed by atoms with Gasteiger partial charge in [-0.25, -0.2) is 8.42 Å².